The van der Waals surface area contributed by atoms with Gasteiger partial charge in [-0.3, -0.25) is 14.4 Å². The van der Waals surface area contributed by atoms with Gasteiger partial charge >= 0.3 is 5.97 Å². The number of aryl methyl sites for hydroxylation is 1. The Hall–Kier alpha value is -3.94. The van der Waals surface area contributed by atoms with Crippen LogP contribution in [-0.4, -0.2) is 30.1 Å². The quantitative estimate of drug-likeness (QED) is 0.485. The fraction of sp³-hybridized carbons (Fsp3) is 0.250. The number of amides is 2. The van der Waals surface area contributed by atoms with Crippen LogP contribution in [0.3, 0.4) is 0 Å². The molecule has 1 heterocycles. The maximum Gasteiger partial charge on any atom is 0.311 e. The molecule has 2 amide bonds. The molecule has 2 aromatic rings. The number of anilines is 3. The second kappa shape index (κ2) is 10.4. The summed E-state index contributed by atoms with van der Waals surface area (Å²) in [5.41, 5.74) is 3.71. The van der Waals surface area contributed by atoms with E-state index in [2.05, 4.69) is 15.7 Å². The minimum absolute atomic E-state index is 0.122. The zero-order chi connectivity index (χ0) is 23.1. The molecule has 0 saturated heterocycles. The van der Waals surface area contributed by atoms with E-state index in [-0.39, 0.29) is 30.4 Å². The Balaban J connectivity index is 1.89. The van der Waals surface area contributed by atoms with Gasteiger partial charge in [-0.25, -0.2) is 0 Å². The monoisotopic (exact) mass is 434 g/mol. The van der Waals surface area contributed by atoms with Gasteiger partial charge in [0.25, 0.3) is 5.91 Å². The number of hydrogen-bond acceptors (Lipinski definition) is 6. The Morgan fingerprint density at radius 1 is 1.09 bits per heavy atom. The first-order valence-corrected chi connectivity index (χ1v) is 10.4. The molecule has 0 bridgehead atoms. The van der Waals surface area contributed by atoms with E-state index in [9.17, 15) is 14.4 Å². The summed E-state index contributed by atoms with van der Waals surface area (Å²) in [4.78, 5) is 36.5. The van der Waals surface area contributed by atoms with Crippen molar-refractivity contribution < 1.29 is 19.1 Å². The van der Waals surface area contributed by atoms with Crippen molar-refractivity contribution in [2.24, 2.45) is 5.10 Å². The fourth-order valence-electron chi connectivity index (χ4n) is 3.27. The maximum atomic E-state index is 13.2. The van der Waals surface area contributed by atoms with E-state index in [1.54, 1.807) is 37.4 Å². The molecule has 8 nitrogen and oxygen atoms in total. The first-order chi connectivity index (χ1) is 15.4. The number of ether oxygens (including phenoxy) is 1. The predicted octanol–water partition coefficient (Wildman–Crippen LogP) is 3.86. The van der Waals surface area contributed by atoms with Crippen molar-refractivity contribution in [3.8, 4) is 0 Å². The third kappa shape index (κ3) is 5.40. The maximum absolute atomic E-state index is 13.2. The summed E-state index contributed by atoms with van der Waals surface area (Å²) in [5, 5.41) is 11.5. The summed E-state index contributed by atoms with van der Waals surface area (Å²) in [5.74, 6) is -1.01. The summed E-state index contributed by atoms with van der Waals surface area (Å²) in [6.45, 7) is 5.44. The van der Waals surface area contributed by atoms with E-state index in [1.165, 1.54) is 11.9 Å². The van der Waals surface area contributed by atoms with E-state index < -0.39 is 5.97 Å². The average Bonchev–Trinajstić information content (AvgIpc) is 3.07. The van der Waals surface area contributed by atoms with Gasteiger partial charge in [0.2, 0.25) is 5.91 Å². The Morgan fingerprint density at radius 2 is 1.81 bits per heavy atom. The topological polar surface area (TPSA) is 100 Å². The van der Waals surface area contributed by atoms with Crippen LogP contribution in [0.15, 0.2) is 65.4 Å². The number of para-hydroxylation sites is 1. The zero-order valence-electron chi connectivity index (χ0n) is 18.3. The van der Waals surface area contributed by atoms with Gasteiger partial charge < -0.3 is 15.4 Å². The highest BCUT2D eigenvalue weighted by atomic mass is 16.5. The van der Waals surface area contributed by atoms with Crippen LogP contribution in [0.4, 0.5) is 17.1 Å². The molecular weight excluding hydrogens is 408 g/mol. The van der Waals surface area contributed by atoms with Crippen LogP contribution in [-0.2, 0) is 25.5 Å². The Morgan fingerprint density at radius 3 is 2.47 bits per heavy atom. The van der Waals surface area contributed by atoms with E-state index in [0.29, 0.717) is 17.1 Å². The molecule has 32 heavy (non-hydrogen) atoms. The lowest BCUT2D eigenvalue weighted by Crippen LogP contribution is -2.22. The molecule has 0 unspecified atom stereocenters. The second-order valence-corrected chi connectivity index (χ2v) is 7.09. The summed E-state index contributed by atoms with van der Waals surface area (Å²) in [6.07, 6.45) is 2.29. The van der Waals surface area contributed by atoms with Gasteiger partial charge in [0.05, 0.1) is 30.0 Å². The number of hydrogen-bond donors (Lipinski definition) is 2. The van der Waals surface area contributed by atoms with Gasteiger partial charge in [-0.1, -0.05) is 25.1 Å². The fourth-order valence-corrected chi connectivity index (χ4v) is 3.27. The van der Waals surface area contributed by atoms with Crippen molar-refractivity contribution in [3.05, 3.63) is 65.9 Å². The number of nitrogens with one attached hydrogen (secondary N) is 2. The molecule has 0 aromatic heterocycles. The molecule has 0 spiro atoms. The Labute approximate surface area is 186 Å². The smallest absolute Gasteiger partial charge is 0.311 e. The van der Waals surface area contributed by atoms with Crippen LogP contribution in [0, 0.1) is 0 Å². The van der Waals surface area contributed by atoms with Gasteiger partial charge in [0, 0.05) is 24.5 Å². The highest BCUT2D eigenvalue weighted by Gasteiger charge is 2.32. The molecular formula is C24H26N4O4. The van der Waals surface area contributed by atoms with E-state index >= 15 is 0 Å². The van der Waals surface area contributed by atoms with Gasteiger partial charge in [-0.15, -0.1) is 0 Å². The van der Waals surface area contributed by atoms with Crippen molar-refractivity contribution in [1.29, 1.82) is 0 Å². The number of nitrogens with zero attached hydrogens (tertiary/aromatic N) is 2. The summed E-state index contributed by atoms with van der Waals surface area (Å²) >= 11 is 0. The number of esters is 1. The lowest BCUT2D eigenvalue weighted by Gasteiger charge is -2.13. The van der Waals surface area contributed by atoms with E-state index in [1.807, 2.05) is 31.2 Å². The molecule has 0 atom stereocenters. The molecule has 0 radical (unpaired) electrons. The van der Waals surface area contributed by atoms with Crippen molar-refractivity contribution in [1.82, 2.24) is 0 Å². The molecule has 1 aliphatic rings. The van der Waals surface area contributed by atoms with E-state index in [0.717, 1.165) is 17.7 Å². The van der Waals surface area contributed by atoms with Crippen LogP contribution in [0.5, 0.6) is 0 Å². The molecule has 166 valence electrons. The standard InChI is InChI=1S/C24H26N4O4/c1-4-17-8-6-7-9-21(17)25-15-20-22(14-23(30)32-5-2)27-28(24(20)31)19-12-10-18(11-13-19)26-16(3)29/h6-13,15,25H,4-5,14H2,1-3H3,(H,26,29). The molecule has 0 saturated carbocycles. The van der Waals surface area contributed by atoms with Gasteiger partial charge in [-0.2, -0.15) is 10.1 Å². The summed E-state index contributed by atoms with van der Waals surface area (Å²) in [7, 11) is 0. The SMILES string of the molecule is CCOC(=O)CC1=NN(c2ccc(NC(C)=O)cc2)C(=O)C1=CNc1ccccc1CC. The van der Waals surface area contributed by atoms with Crippen LogP contribution >= 0.6 is 0 Å². The largest absolute Gasteiger partial charge is 0.466 e. The Kier molecular flexibility index (Phi) is 7.38. The van der Waals surface area contributed by atoms with Crippen LogP contribution in [0.2, 0.25) is 0 Å². The van der Waals surface area contributed by atoms with Gasteiger partial charge in [0.15, 0.2) is 0 Å². The molecule has 0 aliphatic carbocycles. The van der Waals surface area contributed by atoms with Gasteiger partial charge in [-0.05, 0) is 49.2 Å². The third-order valence-corrected chi connectivity index (χ3v) is 4.77. The number of hydrazone groups is 1. The first kappa shape index (κ1) is 22.7. The zero-order valence-corrected chi connectivity index (χ0v) is 18.3. The lowest BCUT2D eigenvalue weighted by molar-refractivity contribution is -0.141. The second-order valence-electron chi connectivity index (χ2n) is 7.09. The third-order valence-electron chi connectivity index (χ3n) is 4.77. The average molecular weight is 434 g/mol. The highest BCUT2D eigenvalue weighted by molar-refractivity contribution is 6.32. The molecule has 1 aliphatic heterocycles. The number of benzene rings is 2. The number of rotatable bonds is 8. The Bertz CT molecular complexity index is 1070. The number of carbonyl (C=O) groups excluding carboxylic acids is 3. The normalized spacial score (nSPS) is 14.3. The van der Waals surface area contributed by atoms with Crippen LogP contribution < -0.4 is 15.6 Å². The minimum atomic E-state index is -0.457. The van der Waals surface area contributed by atoms with Crippen molar-refractivity contribution in [2.45, 2.75) is 33.6 Å². The van der Waals surface area contributed by atoms with Crippen molar-refractivity contribution in [2.75, 3.05) is 22.2 Å². The highest BCUT2D eigenvalue weighted by Crippen LogP contribution is 2.27. The minimum Gasteiger partial charge on any atom is -0.466 e. The lowest BCUT2D eigenvalue weighted by atomic mass is 10.1. The van der Waals surface area contributed by atoms with Gasteiger partial charge in [0.1, 0.15) is 0 Å². The van der Waals surface area contributed by atoms with E-state index in [4.69, 9.17) is 4.74 Å². The van der Waals surface area contributed by atoms with Crippen LogP contribution in [0.25, 0.3) is 0 Å². The molecule has 3 rings (SSSR count). The summed E-state index contributed by atoms with van der Waals surface area (Å²) < 4.78 is 5.04. The van der Waals surface area contributed by atoms with Crippen molar-refractivity contribution >= 4 is 40.6 Å². The molecule has 2 N–H and O–H groups in total. The predicted molar refractivity (Wildman–Crippen MR) is 124 cm³/mol. The first-order valence-electron chi connectivity index (χ1n) is 10.4. The van der Waals surface area contributed by atoms with Crippen molar-refractivity contribution in [3.63, 3.8) is 0 Å². The molecule has 8 heteroatoms. The summed E-state index contributed by atoms with van der Waals surface area (Å²) in [6, 6.07) is 14.5. The number of carbonyl (C=O) groups is 3. The molecule has 2 aromatic carbocycles. The molecule has 0 fully saturated rings. The van der Waals surface area contributed by atoms with Crippen LogP contribution in [0.1, 0.15) is 32.8 Å².